The number of aromatic amines is 1. The minimum Gasteiger partial charge on any atom is -0.508 e. The third-order valence-corrected chi connectivity index (χ3v) is 5.19. The molecule has 2 N–H and O–H groups in total. The first-order chi connectivity index (χ1) is 13.1. The van der Waals surface area contributed by atoms with Crippen LogP contribution >= 0.6 is 0 Å². The van der Waals surface area contributed by atoms with Gasteiger partial charge in [0.2, 0.25) is 0 Å². The van der Waals surface area contributed by atoms with Crippen LogP contribution < -0.4 is 0 Å². The Labute approximate surface area is 158 Å². The molecule has 0 unspecified atom stereocenters. The summed E-state index contributed by atoms with van der Waals surface area (Å²) in [6.07, 6.45) is 2.11. The van der Waals surface area contributed by atoms with E-state index < -0.39 is 0 Å². The van der Waals surface area contributed by atoms with Crippen LogP contribution in [-0.4, -0.2) is 39.2 Å². The number of aromatic hydroxyl groups is 1. The molecular formula is C22H23N3O2. The van der Waals surface area contributed by atoms with E-state index in [1.165, 1.54) is 11.1 Å². The zero-order valence-corrected chi connectivity index (χ0v) is 15.4. The highest BCUT2D eigenvalue weighted by Gasteiger charge is 2.26. The topological polar surface area (TPSA) is 69.2 Å². The van der Waals surface area contributed by atoms with Crippen LogP contribution in [0.4, 0.5) is 0 Å². The molecule has 0 bridgehead atoms. The summed E-state index contributed by atoms with van der Waals surface area (Å²) in [5.74, 6) is 0.577. The molecule has 138 valence electrons. The van der Waals surface area contributed by atoms with Gasteiger partial charge in [-0.3, -0.25) is 9.89 Å². The molecule has 0 saturated carbocycles. The van der Waals surface area contributed by atoms with Crippen molar-refractivity contribution in [2.24, 2.45) is 0 Å². The fourth-order valence-electron chi connectivity index (χ4n) is 3.74. The molecule has 0 radical (unpaired) electrons. The summed E-state index contributed by atoms with van der Waals surface area (Å²) in [6.45, 7) is 3.61. The number of aromatic nitrogens is 2. The maximum Gasteiger partial charge on any atom is 0.271 e. The van der Waals surface area contributed by atoms with Crippen molar-refractivity contribution in [3.8, 4) is 17.0 Å². The first kappa shape index (κ1) is 17.3. The summed E-state index contributed by atoms with van der Waals surface area (Å²) in [4.78, 5) is 14.9. The largest absolute Gasteiger partial charge is 0.508 e. The molecule has 0 aliphatic carbocycles. The number of amides is 1. The van der Waals surface area contributed by atoms with Gasteiger partial charge in [-0.2, -0.15) is 5.10 Å². The van der Waals surface area contributed by atoms with Gasteiger partial charge in [-0.25, -0.2) is 0 Å². The quantitative estimate of drug-likeness (QED) is 0.737. The predicted molar refractivity (Wildman–Crippen MR) is 105 cm³/mol. The van der Waals surface area contributed by atoms with Crippen molar-refractivity contribution in [2.45, 2.75) is 25.7 Å². The zero-order chi connectivity index (χ0) is 18.8. The Kier molecular flexibility index (Phi) is 4.67. The van der Waals surface area contributed by atoms with Crippen LogP contribution in [-0.2, 0) is 0 Å². The average molecular weight is 361 g/mol. The molecule has 1 atom stereocenters. The van der Waals surface area contributed by atoms with Crippen LogP contribution in [0.25, 0.3) is 11.3 Å². The van der Waals surface area contributed by atoms with E-state index in [1.807, 2.05) is 4.90 Å². The van der Waals surface area contributed by atoms with Crippen molar-refractivity contribution < 1.29 is 9.90 Å². The first-order valence-corrected chi connectivity index (χ1v) is 9.31. The Balaban J connectivity index is 1.50. The first-order valence-electron chi connectivity index (χ1n) is 9.31. The number of aryl methyl sites for hydroxylation is 1. The summed E-state index contributed by atoms with van der Waals surface area (Å²) in [6, 6.07) is 17.1. The number of carbonyl (C=O) groups excluding carboxylic acids is 1. The summed E-state index contributed by atoms with van der Waals surface area (Å²) >= 11 is 0. The van der Waals surface area contributed by atoms with Crippen molar-refractivity contribution in [2.75, 3.05) is 13.1 Å². The molecular weight excluding hydrogens is 338 g/mol. The van der Waals surface area contributed by atoms with E-state index in [2.05, 4.69) is 41.4 Å². The van der Waals surface area contributed by atoms with E-state index >= 15 is 0 Å². The standard InChI is InChI=1S/C22H23N3O2/c1-15-4-2-5-17(12-15)18-6-3-11-25(14-18)22(27)21-13-20(23-24-21)16-7-9-19(26)10-8-16/h2,4-5,7-10,12-13,18,26H,3,6,11,14H2,1H3,(H,23,24)/t18-/m1/s1. The lowest BCUT2D eigenvalue weighted by Gasteiger charge is -2.32. The molecule has 2 heterocycles. The fourth-order valence-corrected chi connectivity index (χ4v) is 3.74. The van der Waals surface area contributed by atoms with Crippen molar-refractivity contribution in [3.05, 3.63) is 71.4 Å². The molecule has 27 heavy (non-hydrogen) atoms. The van der Waals surface area contributed by atoms with E-state index in [0.29, 0.717) is 17.3 Å². The second-order valence-electron chi connectivity index (χ2n) is 7.22. The van der Waals surface area contributed by atoms with Crippen LogP contribution in [0.2, 0.25) is 0 Å². The highest BCUT2D eigenvalue weighted by molar-refractivity contribution is 5.93. The number of rotatable bonds is 3. The number of carbonyl (C=O) groups is 1. The normalized spacial score (nSPS) is 17.1. The number of H-pyrrole nitrogens is 1. The number of nitrogens with one attached hydrogen (secondary N) is 1. The second kappa shape index (κ2) is 7.27. The monoisotopic (exact) mass is 361 g/mol. The van der Waals surface area contributed by atoms with Crippen LogP contribution in [0.15, 0.2) is 54.6 Å². The van der Waals surface area contributed by atoms with E-state index in [-0.39, 0.29) is 11.7 Å². The molecule has 4 rings (SSSR count). The minimum atomic E-state index is -0.00937. The number of hydrogen-bond donors (Lipinski definition) is 2. The maximum absolute atomic E-state index is 13.0. The van der Waals surface area contributed by atoms with Gasteiger partial charge in [0, 0.05) is 24.6 Å². The molecule has 1 aromatic heterocycles. The molecule has 1 aliphatic rings. The SMILES string of the molecule is Cc1cccc([C@@H]2CCCN(C(=O)c3cc(-c4ccc(O)cc4)n[nH]3)C2)c1. The van der Waals surface area contributed by atoms with Gasteiger partial charge in [0.15, 0.2) is 0 Å². The Hall–Kier alpha value is -3.08. The van der Waals surface area contributed by atoms with Gasteiger partial charge >= 0.3 is 0 Å². The van der Waals surface area contributed by atoms with Gasteiger partial charge in [-0.15, -0.1) is 0 Å². The molecule has 5 nitrogen and oxygen atoms in total. The summed E-state index contributed by atoms with van der Waals surface area (Å²) in [5.41, 5.74) is 4.62. The third-order valence-electron chi connectivity index (χ3n) is 5.19. The van der Waals surface area contributed by atoms with Crippen molar-refractivity contribution in [3.63, 3.8) is 0 Å². The van der Waals surface area contributed by atoms with Crippen molar-refractivity contribution in [1.29, 1.82) is 0 Å². The number of benzene rings is 2. The van der Waals surface area contributed by atoms with Crippen molar-refractivity contribution in [1.82, 2.24) is 15.1 Å². The summed E-state index contributed by atoms with van der Waals surface area (Å²) < 4.78 is 0. The lowest BCUT2D eigenvalue weighted by molar-refractivity contribution is 0.0701. The molecule has 5 heteroatoms. The molecule has 2 aromatic carbocycles. The van der Waals surface area contributed by atoms with E-state index in [1.54, 1.807) is 30.3 Å². The van der Waals surface area contributed by atoms with Gasteiger partial charge in [-0.05, 0) is 55.7 Å². The van der Waals surface area contributed by atoms with Gasteiger partial charge in [-0.1, -0.05) is 29.8 Å². The third kappa shape index (κ3) is 3.72. The number of phenols is 1. The summed E-state index contributed by atoms with van der Waals surface area (Å²) in [5, 5.41) is 16.6. The lowest BCUT2D eigenvalue weighted by Crippen LogP contribution is -2.39. The fraction of sp³-hybridized carbons (Fsp3) is 0.273. The van der Waals surface area contributed by atoms with E-state index in [0.717, 1.165) is 31.5 Å². The van der Waals surface area contributed by atoms with Gasteiger partial charge in [0.05, 0.1) is 5.69 Å². The molecule has 1 amide bonds. The second-order valence-corrected chi connectivity index (χ2v) is 7.22. The van der Waals surface area contributed by atoms with Crippen LogP contribution in [0, 0.1) is 6.92 Å². The number of piperidine rings is 1. The van der Waals surface area contributed by atoms with Gasteiger partial charge in [0.1, 0.15) is 11.4 Å². The molecule has 3 aromatic rings. The summed E-state index contributed by atoms with van der Waals surface area (Å²) in [7, 11) is 0. The zero-order valence-electron chi connectivity index (χ0n) is 15.4. The molecule has 1 fully saturated rings. The number of likely N-dealkylation sites (tertiary alicyclic amines) is 1. The molecule has 1 saturated heterocycles. The highest BCUT2D eigenvalue weighted by Crippen LogP contribution is 2.28. The van der Waals surface area contributed by atoms with E-state index in [9.17, 15) is 9.90 Å². The van der Waals surface area contributed by atoms with E-state index in [4.69, 9.17) is 0 Å². The smallest absolute Gasteiger partial charge is 0.271 e. The Bertz CT molecular complexity index is 946. The predicted octanol–water partition coefficient (Wildman–Crippen LogP) is 4.11. The lowest BCUT2D eigenvalue weighted by atomic mass is 9.89. The highest BCUT2D eigenvalue weighted by atomic mass is 16.3. The number of nitrogens with zero attached hydrogens (tertiary/aromatic N) is 2. The Morgan fingerprint density at radius 2 is 2.00 bits per heavy atom. The Morgan fingerprint density at radius 1 is 1.19 bits per heavy atom. The van der Waals surface area contributed by atoms with Crippen LogP contribution in [0.5, 0.6) is 5.75 Å². The molecule has 0 spiro atoms. The number of phenolic OH excluding ortho intramolecular Hbond substituents is 1. The maximum atomic E-state index is 13.0. The van der Waals surface area contributed by atoms with Crippen molar-refractivity contribution >= 4 is 5.91 Å². The minimum absolute atomic E-state index is 0.00937. The number of hydrogen-bond acceptors (Lipinski definition) is 3. The van der Waals surface area contributed by atoms with Crippen LogP contribution in [0.1, 0.15) is 40.4 Å². The molecule has 1 aliphatic heterocycles. The van der Waals surface area contributed by atoms with Gasteiger partial charge in [0.25, 0.3) is 5.91 Å². The van der Waals surface area contributed by atoms with Gasteiger partial charge < -0.3 is 10.0 Å². The average Bonchev–Trinajstić information content (AvgIpc) is 3.18. The Morgan fingerprint density at radius 3 is 2.78 bits per heavy atom. The van der Waals surface area contributed by atoms with Crippen LogP contribution in [0.3, 0.4) is 0 Å².